The van der Waals surface area contributed by atoms with Gasteiger partial charge < -0.3 is 9.47 Å². The van der Waals surface area contributed by atoms with Crippen LogP contribution in [0.1, 0.15) is 16.8 Å². The van der Waals surface area contributed by atoms with E-state index in [2.05, 4.69) is 126 Å². The second-order valence-electron chi connectivity index (χ2n) is 9.12. The van der Waals surface area contributed by atoms with Gasteiger partial charge in [-0.3, -0.25) is 0 Å². The number of pyridine rings is 1. The molecule has 3 heteroatoms. The lowest BCUT2D eigenvalue weighted by Crippen LogP contribution is -2.40. The van der Waals surface area contributed by atoms with Crippen molar-refractivity contribution in [3.63, 3.8) is 0 Å². The van der Waals surface area contributed by atoms with Gasteiger partial charge in [0.2, 0.25) is 18.2 Å². The van der Waals surface area contributed by atoms with Gasteiger partial charge in [0.1, 0.15) is 0 Å². The Morgan fingerprint density at radius 1 is 0.595 bits per heavy atom. The summed E-state index contributed by atoms with van der Waals surface area (Å²) in [5, 5.41) is 0. The first-order valence-corrected chi connectivity index (χ1v) is 12.6. The molecule has 0 atom stereocenters. The van der Waals surface area contributed by atoms with Gasteiger partial charge in [0.15, 0.2) is 18.0 Å². The fraction of sp³-hybridized carbons (Fsp3) is 0.0882. The highest BCUT2D eigenvalue weighted by Crippen LogP contribution is 2.33. The van der Waals surface area contributed by atoms with Gasteiger partial charge in [-0.05, 0) is 52.6 Å². The van der Waals surface area contributed by atoms with E-state index in [1.54, 1.807) is 0 Å². The monoisotopic (exact) mass is 482 g/mol. The maximum absolute atomic E-state index is 5.60. The Hall–Kier alpha value is -4.63. The highest BCUT2D eigenvalue weighted by atomic mass is 16.7. The quantitative estimate of drug-likeness (QED) is 0.225. The summed E-state index contributed by atoms with van der Waals surface area (Å²) in [4.78, 5) is 0. The van der Waals surface area contributed by atoms with E-state index in [0.29, 0.717) is 0 Å². The number of rotatable bonds is 7. The van der Waals surface area contributed by atoms with E-state index in [4.69, 9.17) is 9.47 Å². The molecule has 0 aliphatic carbocycles. The van der Waals surface area contributed by atoms with E-state index in [1.165, 1.54) is 27.9 Å². The molecule has 0 saturated carbocycles. The van der Waals surface area contributed by atoms with Crippen LogP contribution in [0.5, 0.6) is 11.5 Å². The minimum Gasteiger partial charge on any atom is -0.454 e. The molecule has 0 unspecified atom stereocenters. The first-order valence-electron chi connectivity index (χ1n) is 12.6. The van der Waals surface area contributed by atoms with Crippen molar-refractivity contribution in [3.05, 3.63) is 138 Å². The Kier molecular flexibility index (Phi) is 6.50. The summed E-state index contributed by atoms with van der Waals surface area (Å²) < 4.78 is 13.5. The first kappa shape index (κ1) is 22.8. The topological polar surface area (TPSA) is 22.3 Å². The van der Waals surface area contributed by atoms with Crippen LogP contribution in [0.2, 0.25) is 0 Å². The van der Waals surface area contributed by atoms with Gasteiger partial charge in [-0.15, -0.1) is 0 Å². The molecule has 37 heavy (non-hydrogen) atoms. The molecule has 0 spiro atoms. The van der Waals surface area contributed by atoms with Crippen LogP contribution < -0.4 is 14.0 Å². The number of nitrogens with zero attached hydrogens (tertiary/aromatic N) is 1. The lowest BCUT2D eigenvalue weighted by Gasteiger charge is -2.11. The van der Waals surface area contributed by atoms with Crippen LogP contribution in [0, 0.1) is 0 Å². The summed E-state index contributed by atoms with van der Waals surface area (Å²) in [5.41, 5.74) is 8.34. The van der Waals surface area contributed by atoms with Crippen LogP contribution in [0.15, 0.2) is 121 Å². The van der Waals surface area contributed by atoms with Crippen molar-refractivity contribution in [1.82, 2.24) is 0 Å². The van der Waals surface area contributed by atoms with E-state index < -0.39 is 0 Å². The smallest absolute Gasteiger partial charge is 0.231 e. The fourth-order valence-electron chi connectivity index (χ4n) is 4.76. The molecule has 6 rings (SSSR count). The summed E-state index contributed by atoms with van der Waals surface area (Å²) >= 11 is 0. The van der Waals surface area contributed by atoms with E-state index in [1.807, 2.05) is 12.1 Å². The van der Waals surface area contributed by atoms with Gasteiger partial charge >= 0.3 is 0 Å². The van der Waals surface area contributed by atoms with E-state index in [0.717, 1.165) is 35.7 Å². The van der Waals surface area contributed by atoms with Gasteiger partial charge in [0.05, 0.1) is 0 Å². The minimum absolute atomic E-state index is 0.279. The van der Waals surface area contributed by atoms with E-state index in [-0.39, 0.29) is 6.79 Å². The zero-order chi connectivity index (χ0) is 24.9. The molecule has 180 valence electrons. The van der Waals surface area contributed by atoms with E-state index >= 15 is 0 Å². The van der Waals surface area contributed by atoms with Crippen molar-refractivity contribution >= 4 is 12.2 Å². The Balaban J connectivity index is 1.47. The molecular formula is C34H28NO2+. The number of hydrogen-bond acceptors (Lipinski definition) is 2. The number of benzene rings is 4. The number of hydrogen-bond donors (Lipinski definition) is 0. The number of aromatic nitrogens is 1. The van der Waals surface area contributed by atoms with Gasteiger partial charge in [-0.25, -0.2) is 0 Å². The van der Waals surface area contributed by atoms with Crippen molar-refractivity contribution in [2.45, 2.75) is 13.0 Å². The molecule has 2 heterocycles. The van der Waals surface area contributed by atoms with Crippen LogP contribution in [0.25, 0.3) is 34.5 Å². The lowest BCUT2D eigenvalue weighted by atomic mass is 10.0. The molecule has 5 aromatic rings. The Bertz CT molecular complexity index is 1530. The number of aryl methyl sites for hydroxylation is 1. The van der Waals surface area contributed by atoms with Crippen LogP contribution in [-0.2, 0) is 13.0 Å². The van der Waals surface area contributed by atoms with Crippen LogP contribution in [0.4, 0.5) is 0 Å². The van der Waals surface area contributed by atoms with Crippen molar-refractivity contribution in [3.8, 4) is 33.9 Å². The first-order chi connectivity index (χ1) is 18.3. The van der Waals surface area contributed by atoms with Gasteiger partial charge in [0.25, 0.3) is 0 Å². The molecule has 1 aromatic heterocycles. The van der Waals surface area contributed by atoms with Crippen LogP contribution >= 0.6 is 0 Å². The molecule has 3 nitrogen and oxygen atoms in total. The summed E-state index contributed by atoms with van der Waals surface area (Å²) in [6, 6.07) is 42.6. The third kappa shape index (κ3) is 5.17. The Labute approximate surface area is 217 Å². The highest BCUT2D eigenvalue weighted by molar-refractivity contribution is 5.74. The molecule has 0 amide bonds. The SMILES string of the molecule is C(=Cc1cc(-c2ccccc2)cc(-c2ccccc2)[n+]1CCc1ccccc1)c1ccc2c(c1)OCO2. The van der Waals surface area contributed by atoms with Gasteiger partial charge in [-0.2, -0.15) is 4.57 Å². The van der Waals surface area contributed by atoms with Crippen LogP contribution in [0.3, 0.4) is 0 Å². The van der Waals surface area contributed by atoms with Crippen molar-refractivity contribution in [1.29, 1.82) is 0 Å². The van der Waals surface area contributed by atoms with Crippen LogP contribution in [-0.4, -0.2) is 6.79 Å². The van der Waals surface area contributed by atoms with Crippen molar-refractivity contribution in [2.75, 3.05) is 6.79 Å². The summed E-state index contributed by atoms with van der Waals surface area (Å²) in [6.07, 6.45) is 5.31. The zero-order valence-electron chi connectivity index (χ0n) is 20.6. The second kappa shape index (κ2) is 10.5. The van der Waals surface area contributed by atoms with Gasteiger partial charge in [-0.1, -0.05) is 84.9 Å². The number of ether oxygens (including phenoxy) is 2. The lowest BCUT2D eigenvalue weighted by molar-refractivity contribution is -0.687. The maximum atomic E-state index is 5.60. The third-order valence-electron chi connectivity index (χ3n) is 6.68. The Morgan fingerprint density at radius 3 is 2.03 bits per heavy atom. The predicted octanol–water partition coefficient (Wildman–Crippen LogP) is 7.45. The molecule has 0 saturated heterocycles. The molecule has 0 N–H and O–H groups in total. The van der Waals surface area contributed by atoms with Crippen molar-refractivity contribution < 1.29 is 14.0 Å². The molecule has 1 aliphatic heterocycles. The molecule has 0 fully saturated rings. The average molecular weight is 483 g/mol. The summed E-state index contributed by atoms with van der Waals surface area (Å²) in [7, 11) is 0. The van der Waals surface area contributed by atoms with Gasteiger partial charge in [0, 0.05) is 30.2 Å². The predicted molar refractivity (Wildman–Crippen MR) is 149 cm³/mol. The highest BCUT2D eigenvalue weighted by Gasteiger charge is 2.20. The zero-order valence-corrected chi connectivity index (χ0v) is 20.6. The van der Waals surface area contributed by atoms with Crippen molar-refractivity contribution in [2.24, 2.45) is 0 Å². The Morgan fingerprint density at radius 2 is 1.27 bits per heavy atom. The standard InChI is InChI=1S/C34H28NO2/c1-4-10-26(11-5-1)20-21-35-31(18-16-27-17-19-33-34(22-27)37-25-36-33)23-30(28-12-6-2-7-13-28)24-32(35)29-14-8-3-9-15-29/h1-19,22-24H,20-21,25H2/q+1. The third-order valence-corrected chi connectivity index (χ3v) is 6.68. The fourth-order valence-corrected chi connectivity index (χ4v) is 4.76. The maximum Gasteiger partial charge on any atom is 0.231 e. The molecule has 0 radical (unpaired) electrons. The molecule has 4 aromatic carbocycles. The number of fused-ring (bicyclic) bond motifs is 1. The molecule has 0 bridgehead atoms. The molecule has 1 aliphatic rings. The molecular weight excluding hydrogens is 454 g/mol. The summed E-state index contributed by atoms with van der Waals surface area (Å²) in [6.45, 7) is 1.14. The largest absolute Gasteiger partial charge is 0.454 e. The van der Waals surface area contributed by atoms with E-state index in [9.17, 15) is 0 Å². The second-order valence-corrected chi connectivity index (χ2v) is 9.12. The average Bonchev–Trinajstić information content (AvgIpc) is 3.44. The summed E-state index contributed by atoms with van der Waals surface area (Å²) in [5.74, 6) is 1.59. The minimum atomic E-state index is 0.279. The normalized spacial score (nSPS) is 12.2.